The van der Waals surface area contributed by atoms with Crippen molar-refractivity contribution in [3.63, 3.8) is 0 Å². The summed E-state index contributed by atoms with van der Waals surface area (Å²) in [5.74, 6) is -1.96. The Morgan fingerprint density at radius 1 is 0.977 bits per heavy atom. The van der Waals surface area contributed by atoms with Crippen LogP contribution < -0.4 is 15.2 Å². The number of carbonyl (C=O) groups excluding carboxylic acids is 1. The molecule has 0 N–H and O–H groups in total. The van der Waals surface area contributed by atoms with Crippen LogP contribution in [0.4, 0.5) is 8.78 Å². The normalized spacial score (nSPS) is 19.2. The first kappa shape index (κ1) is 27.4. The molecule has 2 atom stereocenters. The Morgan fingerprint density at radius 3 is 2.68 bits per heavy atom. The molecule has 1 saturated heterocycles. The van der Waals surface area contributed by atoms with E-state index in [0.29, 0.717) is 18.7 Å². The molecule has 3 aromatic carbocycles. The highest BCUT2D eigenvalue weighted by molar-refractivity contribution is 7.99. The van der Waals surface area contributed by atoms with Crippen LogP contribution in [0.2, 0.25) is 0 Å². The predicted octanol–water partition coefficient (Wildman–Crippen LogP) is 6.07. The highest BCUT2D eigenvalue weighted by atomic mass is 32.2. The van der Waals surface area contributed by atoms with E-state index in [9.17, 15) is 14.0 Å². The first-order valence-corrected chi connectivity index (χ1v) is 16.1. The quantitative estimate of drug-likeness (QED) is 0.241. The van der Waals surface area contributed by atoms with Crippen molar-refractivity contribution in [3.05, 3.63) is 128 Å². The highest BCUT2D eigenvalue weighted by Crippen LogP contribution is 2.48. The smallest absolute Gasteiger partial charge is 0.278 e. The lowest BCUT2D eigenvalue weighted by Crippen LogP contribution is -2.66. The third kappa shape index (κ3) is 4.25. The summed E-state index contributed by atoms with van der Waals surface area (Å²) >= 11 is 3.08. The van der Waals surface area contributed by atoms with Gasteiger partial charge in [0.05, 0.1) is 19.3 Å². The number of hydrogen-bond donors (Lipinski definition) is 0. The molecule has 0 aliphatic carbocycles. The van der Waals surface area contributed by atoms with E-state index in [1.165, 1.54) is 17.8 Å². The molecule has 222 valence electrons. The van der Waals surface area contributed by atoms with E-state index in [1.807, 2.05) is 58.9 Å². The molecule has 1 amide bonds. The van der Waals surface area contributed by atoms with Crippen LogP contribution >= 0.6 is 23.1 Å². The molecule has 7 nitrogen and oxygen atoms in total. The Labute approximate surface area is 259 Å². The van der Waals surface area contributed by atoms with Crippen LogP contribution in [0.5, 0.6) is 5.75 Å². The molecule has 2 unspecified atom stereocenters. The molecule has 0 spiro atoms. The predicted molar refractivity (Wildman–Crippen MR) is 165 cm³/mol. The number of benzene rings is 3. The summed E-state index contributed by atoms with van der Waals surface area (Å²) in [4.78, 5) is 30.1. The van der Waals surface area contributed by atoms with Gasteiger partial charge >= 0.3 is 0 Å². The SMILES string of the molecule is O=C1c2c(OCc3ccccc3)c(=O)ccn2N(C2c3ccc(F)c(F)c3CSc3c2ccc2ccsc32)C2COCCN12. The number of halogens is 2. The highest BCUT2D eigenvalue weighted by Gasteiger charge is 2.46. The molecule has 0 saturated carbocycles. The van der Waals surface area contributed by atoms with E-state index in [2.05, 4.69) is 0 Å². The van der Waals surface area contributed by atoms with E-state index >= 15 is 4.39 Å². The number of carbonyl (C=O) groups is 1. The van der Waals surface area contributed by atoms with Crippen LogP contribution in [-0.2, 0) is 17.1 Å². The summed E-state index contributed by atoms with van der Waals surface area (Å²) in [7, 11) is 0. The summed E-state index contributed by atoms with van der Waals surface area (Å²) in [6, 6.07) is 19.0. The minimum Gasteiger partial charge on any atom is -0.482 e. The Bertz CT molecular complexity index is 2000. The maximum atomic E-state index is 15.6. The average Bonchev–Trinajstić information content (AvgIpc) is 3.47. The molecule has 3 aliphatic heterocycles. The van der Waals surface area contributed by atoms with Crippen molar-refractivity contribution in [3.8, 4) is 5.75 Å². The fourth-order valence-electron chi connectivity index (χ4n) is 6.38. The molecular weight excluding hydrogens is 605 g/mol. The van der Waals surface area contributed by atoms with Crippen LogP contribution in [0, 0.1) is 11.6 Å². The molecule has 8 rings (SSSR count). The molecule has 3 aliphatic rings. The second-order valence-electron chi connectivity index (χ2n) is 10.9. The van der Waals surface area contributed by atoms with Crippen LogP contribution in [0.25, 0.3) is 10.1 Å². The van der Waals surface area contributed by atoms with Gasteiger partial charge in [-0.3, -0.25) is 19.3 Å². The van der Waals surface area contributed by atoms with Gasteiger partial charge in [-0.25, -0.2) is 8.78 Å². The fraction of sp³-hybridized carbons (Fsp3) is 0.212. The van der Waals surface area contributed by atoms with Gasteiger partial charge in [0.1, 0.15) is 12.8 Å². The number of morpholine rings is 1. The topological polar surface area (TPSA) is 64.0 Å². The molecule has 0 bridgehead atoms. The number of fused-ring (bicyclic) bond motifs is 6. The minimum absolute atomic E-state index is 0.0567. The molecule has 11 heteroatoms. The van der Waals surface area contributed by atoms with E-state index in [0.717, 1.165) is 32.2 Å². The standard InChI is InChI=1S/C33H25F2N3O4S2/c34-24-9-8-21-23(27(24)35)18-44-32-22(7-6-20-11-15-43-31(20)32)28(21)38-26-17-41-14-13-36(26)33(40)29-30(25(39)10-12-37(29)38)42-16-19-4-2-1-3-5-19/h1-12,15,26,28H,13-14,16-18H2. The van der Waals surface area contributed by atoms with Crippen molar-refractivity contribution in [1.29, 1.82) is 0 Å². The molecule has 2 aromatic heterocycles. The second-order valence-corrected chi connectivity index (χ2v) is 12.8. The fourth-order valence-corrected chi connectivity index (χ4v) is 8.73. The summed E-state index contributed by atoms with van der Waals surface area (Å²) in [5.41, 5.74) is 2.27. The number of pyridine rings is 1. The zero-order valence-corrected chi connectivity index (χ0v) is 24.9. The van der Waals surface area contributed by atoms with E-state index in [1.54, 1.807) is 33.2 Å². The summed E-state index contributed by atoms with van der Waals surface area (Å²) in [6.45, 7) is 0.914. The summed E-state index contributed by atoms with van der Waals surface area (Å²) in [6.07, 6.45) is 0.979. The van der Waals surface area contributed by atoms with Gasteiger partial charge in [0, 0.05) is 39.7 Å². The number of amides is 1. The van der Waals surface area contributed by atoms with Crippen molar-refractivity contribution in [2.45, 2.75) is 29.5 Å². The van der Waals surface area contributed by atoms with Gasteiger partial charge in [-0.1, -0.05) is 48.5 Å². The first-order chi connectivity index (χ1) is 21.5. The van der Waals surface area contributed by atoms with Gasteiger partial charge in [0.2, 0.25) is 5.43 Å². The molecular formula is C33H25F2N3O4S2. The molecule has 5 aromatic rings. The number of nitrogens with zero attached hydrogens (tertiary/aromatic N) is 3. The van der Waals surface area contributed by atoms with Crippen molar-refractivity contribution in [1.82, 2.24) is 9.58 Å². The van der Waals surface area contributed by atoms with Gasteiger partial charge in [-0.2, -0.15) is 0 Å². The second kappa shape index (κ2) is 10.8. The van der Waals surface area contributed by atoms with Crippen LogP contribution in [0.3, 0.4) is 0 Å². The van der Waals surface area contributed by atoms with E-state index < -0.39 is 29.3 Å². The number of thioether (sulfide) groups is 1. The van der Waals surface area contributed by atoms with E-state index in [4.69, 9.17) is 9.47 Å². The Hall–Kier alpha value is -4.19. The van der Waals surface area contributed by atoms with Gasteiger partial charge in [0.15, 0.2) is 23.1 Å². The van der Waals surface area contributed by atoms with Gasteiger partial charge < -0.3 is 14.4 Å². The molecule has 5 heterocycles. The third-order valence-electron chi connectivity index (χ3n) is 8.44. The lowest BCUT2D eigenvalue weighted by Gasteiger charge is -2.51. The van der Waals surface area contributed by atoms with Crippen molar-refractivity contribution >= 4 is 39.1 Å². The Morgan fingerprint density at radius 2 is 1.82 bits per heavy atom. The third-order valence-corrected chi connectivity index (χ3v) is 10.7. The van der Waals surface area contributed by atoms with Gasteiger partial charge in [-0.15, -0.1) is 23.1 Å². The largest absolute Gasteiger partial charge is 0.482 e. The lowest BCUT2D eigenvalue weighted by atomic mass is 9.92. The van der Waals surface area contributed by atoms with Crippen molar-refractivity contribution in [2.24, 2.45) is 0 Å². The zero-order chi connectivity index (χ0) is 29.9. The first-order valence-electron chi connectivity index (χ1n) is 14.2. The van der Waals surface area contributed by atoms with Crippen molar-refractivity contribution in [2.75, 3.05) is 24.8 Å². The maximum absolute atomic E-state index is 15.6. The summed E-state index contributed by atoms with van der Waals surface area (Å²) < 4.78 is 45.0. The number of aromatic nitrogens is 1. The number of thiophene rings is 1. The summed E-state index contributed by atoms with van der Waals surface area (Å²) in [5, 5.41) is 5.05. The van der Waals surface area contributed by atoms with Crippen molar-refractivity contribution < 1.29 is 23.0 Å². The number of ether oxygens (including phenoxy) is 2. The lowest BCUT2D eigenvalue weighted by molar-refractivity contribution is -0.0199. The van der Waals surface area contributed by atoms with Gasteiger partial charge in [0.25, 0.3) is 5.91 Å². The zero-order valence-electron chi connectivity index (χ0n) is 23.2. The Balaban J connectivity index is 1.38. The number of hydrogen-bond acceptors (Lipinski definition) is 7. The minimum atomic E-state index is -0.910. The van der Waals surface area contributed by atoms with Crippen LogP contribution in [0.15, 0.2) is 88.0 Å². The molecule has 1 fully saturated rings. The average molecular weight is 630 g/mol. The Kier molecular flexibility index (Phi) is 6.69. The monoisotopic (exact) mass is 629 g/mol. The van der Waals surface area contributed by atoms with Gasteiger partial charge in [-0.05, 0) is 39.6 Å². The molecule has 0 radical (unpaired) electrons. The maximum Gasteiger partial charge on any atom is 0.278 e. The molecule has 44 heavy (non-hydrogen) atoms. The van der Waals surface area contributed by atoms with Crippen LogP contribution in [0.1, 0.15) is 38.8 Å². The number of rotatable bonds is 4. The van der Waals surface area contributed by atoms with Crippen LogP contribution in [-0.4, -0.2) is 41.4 Å². The van der Waals surface area contributed by atoms with E-state index in [-0.39, 0.29) is 41.9 Å².